The molecule has 0 amide bonds. The number of rotatable bonds is 3. The molecule has 2 unspecified atom stereocenters. The van der Waals surface area contributed by atoms with Crippen molar-refractivity contribution in [1.29, 1.82) is 0 Å². The Bertz CT molecular complexity index is 386. The molecule has 2 aliphatic rings. The van der Waals surface area contributed by atoms with Crippen LogP contribution in [0.5, 0.6) is 0 Å². The molecule has 0 aromatic rings. The Balaban J connectivity index is 2.16. The summed E-state index contributed by atoms with van der Waals surface area (Å²) in [5.41, 5.74) is 0. The zero-order valence-corrected chi connectivity index (χ0v) is 10.7. The van der Waals surface area contributed by atoms with Gasteiger partial charge in [-0.2, -0.15) is 0 Å². The van der Waals surface area contributed by atoms with E-state index < -0.39 is 27.2 Å². The van der Waals surface area contributed by atoms with E-state index in [1.54, 1.807) is 0 Å². The Morgan fingerprint density at radius 1 is 1.06 bits per heavy atom. The summed E-state index contributed by atoms with van der Waals surface area (Å²) < 4.78 is 26.2. The predicted octanol–water partition coefficient (Wildman–Crippen LogP) is 1.06. The van der Waals surface area contributed by atoms with E-state index in [0.29, 0.717) is 32.4 Å². The van der Waals surface area contributed by atoms with E-state index in [1.807, 2.05) is 0 Å². The molecule has 5 nitrogen and oxygen atoms in total. The van der Waals surface area contributed by atoms with Gasteiger partial charge in [0.15, 0.2) is 0 Å². The first-order valence-electron chi connectivity index (χ1n) is 6.25. The minimum atomic E-state index is -3.40. The SMILES string of the molecule is O=C(O)C1CCCC1S(=O)(=O)N1CCCCC1. The van der Waals surface area contributed by atoms with Crippen LogP contribution < -0.4 is 0 Å². The molecule has 1 saturated heterocycles. The van der Waals surface area contributed by atoms with Gasteiger partial charge in [0.2, 0.25) is 10.0 Å². The summed E-state index contributed by atoms with van der Waals surface area (Å²) >= 11 is 0. The largest absolute Gasteiger partial charge is 0.481 e. The van der Waals surface area contributed by atoms with E-state index in [1.165, 1.54) is 4.31 Å². The van der Waals surface area contributed by atoms with Crippen LogP contribution in [0.4, 0.5) is 0 Å². The Hall–Kier alpha value is -0.620. The van der Waals surface area contributed by atoms with Crippen LogP contribution in [0.15, 0.2) is 0 Å². The maximum Gasteiger partial charge on any atom is 0.307 e. The van der Waals surface area contributed by atoms with Crippen molar-refractivity contribution in [3.63, 3.8) is 0 Å². The molecule has 0 aromatic heterocycles. The average molecular weight is 261 g/mol. The highest BCUT2D eigenvalue weighted by Crippen LogP contribution is 2.33. The Labute approximate surface area is 102 Å². The number of carbonyl (C=O) groups is 1. The first kappa shape index (κ1) is 12.8. The van der Waals surface area contributed by atoms with E-state index in [2.05, 4.69) is 0 Å². The van der Waals surface area contributed by atoms with Gasteiger partial charge in [-0.1, -0.05) is 12.8 Å². The van der Waals surface area contributed by atoms with Gasteiger partial charge in [-0.25, -0.2) is 12.7 Å². The van der Waals surface area contributed by atoms with E-state index in [4.69, 9.17) is 5.11 Å². The number of sulfonamides is 1. The lowest BCUT2D eigenvalue weighted by Gasteiger charge is -2.30. The predicted molar refractivity (Wildman–Crippen MR) is 63.1 cm³/mol. The van der Waals surface area contributed by atoms with E-state index in [9.17, 15) is 13.2 Å². The molecule has 0 spiro atoms. The zero-order valence-electron chi connectivity index (χ0n) is 9.84. The molecule has 1 aliphatic carbocycles. The average Bonchev–Trinajstić information content (AvgIpc) is 2.80. The van der Waals surface area contributed by atoms with Crippen molar-refractivity contribution in [1.82, 2.24) is 4.31 Å². The summed E-state index contributed by atoms with van der Waals surface area (Å²) in [6, 6.07) is 0. The number of piperidine rings is 1. The number of hydrogen-bond donors (Lipinski definition) is 1. The summed E-state index contributed by atoms with van der Waals surface area (Å²) in [5.74, 6) is -1.67. The Kier molecular flexibility index (Phi) is 3.73. The maximum atomic E-state index is 12.4. The van der Waals surface area contributed by atoms with Gasteiger partial charge >= 0.3 is 5.97 Å². The van der Waals surface area contributed by atoms with Crippen LogP contribution in [0.2, 0.25) is 0 Å². The third-order valence-corrected chi connectivity index (χ3v) is 6.24. The first-order chi connectivity index (χ1) is 8.03. The molecular weight excluding hydrogens is 242 g/mol. The van der Waals surface area contributed by atoms with Crippen molar-refractivity contribution in [2.24, 2.45) is 5.92 Å². The summed E-state index contributed by atoms with van der Waals surface area (Å²) in [6.45, 7) is 1.12. The lowest BCUT2D eigenvalue weighted by Crippen LogP contribution is -2.44. The molecule has 1 aliphatic heterocycles. The van der Waals surface area contributed by atoms with Crippen LogP contribution in [0.1, 0.15) is 38.5 Å². The van der Waals surface area contributed by atoms with Gasteiger partial charge in [-0.15, -0.1) is 0 Å². The lowest BCUT2D eigenvalue weighted by atomic mass is 10.1. The fraction of sp³-hybridized carbons (Fsp3) is 0.909. The fourth-order valence-corrected chi connectivity index (χ4v) is 5.16. The molecule has 1 N–H and O–H groups in total. The zero-order chi connectivity index (χ0) is 12.5. The molecule has 2 atom stereocenters. The van der Waals surface area contributed by atoms with E-state index in [-0.39, 0.29) is 0 Å². The van der Waals surface area contributed by atoms with Crippen LogP contribution in [-0.2, 0) is 14.8 Å². The molecule has 0 bridgehead atoms. The minimum absolute atomic E-state index is 0.493. The Morgan fingerprint density at radius 2 is 1.71 bits per heavy atom. The van der Waals surface area contributed by atoms with Crippen molar-refractivity contribution in [2.75, 3.05) is 13.1 Å². The van der Waals surface area contributed by atoms with Crippen LogP contribution in [0, 0.1) is 5.92 Å². The van der Waals surface area contributed by atoms with Crippen LogP contribution in [0.3, 0.4) is 0 Å². The normalized spacial score (nSPS) is 31.5. The number of aliphatic carboxylic acids is 1. The monoisotopic (exact) mass is 261 g/mol. The topological polar surface area (TPSA) is 74.7 Å². The van der Waals surface area contributed by atoms with Gasteiger partial charge < -0.3 is 5.11 Å². The summed E-state index contributed by atoms with van der Waals surface area (Å²) in [6.07, 6.45) is 4.55. The summed E-state index contributed by atoms with van der Waals surface area (Å²) in [7, 11) is -3.40. The molecule has 6 heteroatoms. The second-order valence-corrected chi connectivity index (χ2v) is 7.07. The number of nitrogens with zero attached hydrogens (tertiary/aromatic N) is 1. The molecular formula is C11H19NO4S. The molecule has 0 aromatic carbocycles. The summed E-state index contributed by atoms with van der Waals surface area (Å²) in [4.78, 5) is 11.1. The fourth-order valence-electron chi connectivity index (χ4n) is 2.88. The highest BCUT2D eigenvalue weighted by molar-refractivity contribution is 7.89. The second-order valence-electron chi connectivity index (χ2n) is 4.92. The standard InChI is InChI=1S/C11H19NO4S/c13-11(14)9-5-4-6-10(9)17(15,16)12-7-2-1-3-8-12/h9-10H,1-8H2,(H,13,14). The van der Waals surface area contributed by atoms with Gasteiger partial charge in [0.05, 0.1) is 11.2 Å². The third kappa shape index (κ3) is 2.47. The molecule has 98 valence electrons. The van der Waals surface area contributed by atoms with Crippen molar-refractivity contribution in [2.45, 2.75) is 43.8 Å². The smallest absolute Gasteiger partial charge is 0.307 e. The van der Waals surface area contributed by atoms with Gasteiger partial charge in [-0.3, -0.25) is 4.79 Å². The van der Waals surface area contributed by atoms with Crippen molar-refractivity contribution in [3.8, 4) is 0 Å². The number of carboxylic acid groups (broad SMARTS) is 1. The summed E-state index contributed by atoms with van der Waals surface area (Å²) in [5, 5.41) is 8.37. The van der Waals surface area contributed by atoms with Gasteiger partial charge in [0, 0.05) is 13.1 Å². The number of carboxylic acids is 1. The first-order valence-corrected chi connectivity index (χ1v) is 7.75. The van der Waals surface area contributed by atoms with Crippen LogP contribution in [-0.4, -0.2) is 42.1 Å². The highest BCUT2D eigenvalue weighted by atomic mass is 32.2. The number of hydrogen-bond acceptors (Lipinski definition) is 3. The quantitative estimate of drug-likeness (QED) is 0.824. The Morgan fingerprint density at radius 3 is 2.29 bits per heavy atom. The lowest BCUT2D eigenvalue weighted by molar-refractivity contribution is -0.141. The van der Waals surface area contributed by atoms with E-state index in [0.717, 1.165) is 19.3 Å². The molecule has 1 heterocycles. The second kappa shape index (κ2) is 4.94. The van der Waals surface area contributed by atoms with Crippen molar-refractivity contribution >= 4 is 16.0 Å². The maximum absolute atomic E-state index is 12.4. The van der Waals surface area contributed by atoms with Gasteiger partial charge in [0.25, 0.3) is 0 Å². The van der Waals surface area contributed by atoms with E-state index >= 15 is 0 Å². The molecule has 17 heavy (non-hydrogen) atoms. The van der Waals surface area contributed by atoms with Crippen LogP contribution >= 0.6 is 0 Å². The van der Waals surface area contributed by atoms with Gasteiger partial charge in [0.1, 0.15) is 0 Å². The molecule has 0 radical (unpaired) electrons. The van der Waals surface area contributed by atoms with Crippen LogP contribution in [0.25, 0.3) is 0 Å². The molecule has 1 saturated carbocycles. The van der Waals surface area contributed by atoms with Gasteiger partial charge in [-0.05, 0) is 25.7 Å². The highest BCUT2D eigenvalue weighted by Gasteiger charge is 2.44. The minimum Gasteiger partial charge on any atom is -0.481 e. The molecule has 2 fully saturated rings. The third-order valence-electron chi connectivity index (χ3n) is 3.83. The molecule has 2 rings (SSSR count). The van der Waals surface area contributed by atoms with Crippen molar-refractivity contribution < 1.29 is 18.3 Å². The van der Waals surface area contributed by atoms with Crippen molar-refractivity contribution in [3.05, 3.63) is 0 Å².